The average Bonchev–Trinajstić information content (AvgIpc) is 2.66. The number of carbonyl (C=O) groups excluding carboxylic acids is 1. The van der Waals surface area contributed by atoms with Crippen molar-refractivity contribution < 1.29 is 4.79 Å². The molecular formula is C8H12O. The van der Waals surface area contributed by atoms with Crippen molar-refractivity contribution in [1.29, 1.82) is 0 Å². The SMILES string of the molecule is C/C(C=O)=C(/C)C1CC1. The van der Waals surface area contributed by atoms with Crippen LogP contribution in [0.2, 0.25) is 0 Å². The van der Waals surface area contributed by atoms with Crippen molar-refractivity contribution in [3.63, 3.8) is 0 Å². The van der Waals surface area contributed by atoms with Crippen molar-refractivity contribution in [1.82, 2.24) is 0 Å². The van der Waals surface area contributed by atoms with E-state index in [-0.39, 0.29) is 0 Å². The van der Waals surface area contributed by atoms with Crippen molar-refractivity contribution in [2.75, 3.05) is 0 Å². The maximum absolute atomic E-state index is 10.2. The molecule has 0 aromatic rings. The van der Waals surface area contributed by atoms with Gasteiger partial charge in [-0.25, -0.2) is 0 Å². The second kappa shape index (κ2) is 2.34. The van der Waals surface area contributed by atoms with Gasteiger partial charge in [-0.05, 0) is 38.2 Å². The lowest BCUT2D eigenvalue weighted by molar-refractivity contribution is -0.104. The molecule has 9 heavy (non-hydrogen) atoms. The Kier molecular flexibility index (Phi) is 1.70. The number of rotatable bonds is 2. The van der Waals surface area contributed by atoms with E-state index in [1.807, 2.05) is 6.92 Å². The van der Waals surface area contributed by atoms with Gasteiger partial charge in [-0.3, -0.25) is 4.79 Å². The quantitative estimate of drug-likeness (QED) is 0.406. The van der Waals surface area contributed by atoms with E-state index in [1.165, 1.54) is 18.4 Å². The van der Waals surface area contributed by atoms with E-state index in [0.717, 1.165) is 17.8 Å². The molecule has 1 aliphatic carbocycles. The summed E-state index contributed by atoms with van der Waals surface area (Å²) in [7, 11) is 0. The zero-order valence-corrected chi connectivity index (χ0v) is 5.98. The minimum absolute atomic E-state index is 0.746. The van der Waals surface area contributed by atoms with E-state index < -0.39 is 0 Å². The minimum Gasteiger partial charge on any atom is -0.298 e. The van der Waals surface area contributed by atoms with Crippen LogP contribution in [-0.2, 0) is 4.79 Å². The predicted octanol–water partition coefficient (Wildman–Crippen LogP) is 1.93. The molecule has 0 radical (unpaired) electrons. The first-order valence-corrected chi connectivity index (χ1v) is 3.38. The van der Waals surface area contributed by atoms with Crippen LogP contribution in [0.4, 0.5) is 0 Å². The molecule has 50 valence electrons. The normalized spacial score (nSPS) is 21.1. The summed E-state index contributed by atoms with van der Waals surface area (Å²) >= 11 is 0. The molecule has 0 aromatic heterocycles. The van der Waals surface area contributed by atoms with Crippen LogP contribution in [0.15, 0.2) is 11.1 Å². The Morgan fingerprint density at radius 2 is 2.00 bits per heavy atom. The molecule has 0 heterocycles. The summed E-state index contributed by atoms with van der Waals surface area (Å²) < 4.78 is 0. The topological polar surface area (TPSA) is 17.1 Å². The second-order valence-electron chi connectivity index (χ2n) is 2.76. The van der Waals surface area contributed by atoms with E-state index in [1.54, 1.807) is 0 Å². The van der Waals surface area contributed by atoms with Gasteiger partial charge < -0.3 is 0 Å². The molecule has 1 saturated carbocycles. The van der Waals surface area contributed by atoms with Crippen molar-refractivity contribution >= 4 is 6.29 Å². The fourth-order valence-corrected chi connectivity index (χ4v) is 0.931. The van der Waals surface area contributed by atoms with E-state index in [4.69, 9.17) is 0 Å². The average molecular weight is 124 g/mol. The van der Waals surface area contributed by atoms with Crippen molar-refractivity contribution in [2.45, 2.75) is 26.7 Å². The molecule has 0 unspecified atom stereocenters. The molecule has 1 nitrogen and oxygen atoms in total. The molecule has 0 bridgehead atoms. The second-order valence-corrected chi connectivity index (χ2v) is 2.76. The van der Waals surface area contributed by atoms with Gasteiger partial charge >= 0.3 is 0 Å². The number of hydrogen-bond donors (Lipinski definition) is 0. The van der Waals surface area contributed by atoms with Gasteiger partial charge in [0.15, 0.2) is 0 Å². The summed E-state index contributed by atoms with van der Waals surface area (Å²) in [5.41, 5.74) is 2.22. The van der Waals surface area contributed by atoms with Crippen molar-refractivity contribution in [3.05, 3.63) is 11.1 Å². The standard InChI is InChI=1S/C8H12O/c1-6(5-9)7(2)8-3-4-8/h5,8H,3-4H2,1-2H3/b7-6+. The first-order valence-electron chi connectivity index (χ1n) is 3.38. The molecule has 0 atom stereocenters. The largest absolute Gasteiger partial charge is 0.298 e. The Morgan fingerprint density at radius 1 is 1.44 bits per heavy atom. The number of aldehydes is 1. The molecule has 0 aliphatic heterocycles. The van der Waals surface area contributed by atoms with Crippen LogP contribution in [0.5, 0.6) is 0 Å². The highest BCUT2D eigenvalue weighted by Gasteiger charge is 2.23. The number of hydrogen-bond acceptors (Lipinski definition) is 1. The summed E-state index contributed by atoms with van der Waals surface area (Å²) in [6.45, 7) is 3.95. The molecule has 1 fully saturated rings. The van der Waals surface area contributed by atoms with Crippen LogP contribution >= 0.6 is 0 Å². The maximum atomic E-state index is 10.2. The maximum Gasteiger partial charge on any atom is 0.145 e. The molecule has 0 spiro atoms. The summed E-state index contributed by atoms with van der Waals surface area (Å²) in [6, 6.07) is 0. The fraction of sp³-hybridized carbons (Fsp3) is 0.625. The Hall–Kier alpha value is -0.590. The Labute approximate surface area is 55.8 Å². The lowest BCUT2D eigenvalue weighted by Gasteiger charge is -1.96. The van der Waals surface area contributed by atoms with Gasteiger partial charge in [0.1, 0.15) is 6.29 Å². The molecule has 0 amide bonds. The Morgan fingerprint density at radius 3 is 2.33 bits per heavy atom. The van der Waals surface area contributed by atoms with Crippen LogP contribution in [-0.4, -0.2) is 6.29 Å². The third kappa shape index (κ3) is 1.41. The first kappa shape index (κ1) is 6.53. The van der Waals surface area contributed by atoms with Gasteiger partial charge in [0.25, 0.3) is 0 Å². The van der Waals surface area contributed by atoms with Crippen LogP contribution < -0.4 is 0 Å². The van der Waals surface area contributed by atoms with Crippen LogP contribution in [0.3, 0.4) is 0 Å². The highest BCUT2D eigenvalue weighted by Crippen LogP contribution is 2.37. The van der Waals surface area contributed by atoms with Gasteiger partial charge in [0.05, 0.1) is 0 Å². The van der Waals surface area contributed by atoms with Crippen LogP contribution in [0.1, 0.15) is 26.7 Å². The first-order chi connectivity index (χ1) is 4.25. The van der Waals surface area contributed by atoms with E-state index in [9.17, 15) is 4.79 Å². The van der Waals surface area contributed by atoms with E-state index in [2.05, 4.69) is 6.92 Å². The molecule has 1 rings (SSSR count). The molecule has 1 heteroatoms. The van der Waals surface area contributed by atoms with Gasteiger partial charge in [0.2, 0.25) is 0 Å². The van der Waals surface area contributed by atoms with Crippen molar-refractivity contribution in [2.24, 2.45) is 5.92 Å². The molecule has 1 aliphatic rings. The smallest absolute Gasteiger partial charge is 0.145 e. The zero-order chi connectivity index (χ0) is 6.85. The van der Waals surface area contributed by atoms with E-state index in [0.29, 0.717) is 0 Å². The van der Waals surface area contributed by atoms with Gasteiger partial charge in [-0.15, -0.1) is 0 Å². The van der Waals surface area contributed by atoms with Gasteiger partial charge in [0, 0.05) is 0 Å². The van der Waals surface area contributed by atoms with Gasteiger partial charge in [-0.2, -0.15) is 0 Å². The Balaban J connectivity index is 2.64. The van der Waals surface area contributed by atoms with E-state index >= 15 is 0 Å². The third-order valence-corrected chi connectivity index (χ3v) is 1.99. The fourth-order valence-electron chi connectivity index (χ4n) is 0.931. The highest BCUT2D eigenvalue weighted by molar-refractivity contribution is 5.73. The highest BCUT2D eigenvalue weighted by atomic mass is 16.1. The predicted molar refractivity (Wildman–Crippen MR) is 37.2 cm³/mol. The van der Waals surface area contributed by atoms with Crippen LogP contribution in [0, 0.1) is 5.92 Å². The zero-order valence-electron chi connectivity index (χ0n) is 5.98. The third-order valence-electron chi connectivity index (χ3n) is 1.99. The lowest BCUT2D eigenvalue weighted by Crippen LogP contribution is -1.86. The van der Waals surface area contributed by atoms with Gasteiger partial charge in [-0.1, -0.05) is 5.57 Å². The molecule has 0 aromatic carbocycles. The minimum atomic E-state index is 0.746. The number of carbonyl (C=O) groups is 1. The molecular weight excluding hydrogens is 112 g/mol. The van der Waals surface area contributed by atoms with Crippen molar-refractivity contribution in [3.8, 4) is 0 Å². The molecule has 0 saturated heterocycles. The number of allylic oxidation sites excluding steroid dienone is 2. The summed E-state index contributed by atoms with van der Waals surface area (Å²) in [5.74, 6) is 0.746. The monoisotopic (exact) mass is 124 g/mol. The molecule has 0 N–H and O–H groups in total. The van der Waals surface area contributed by atoms with Crippen LogP contribution in [0.25, 0.3) is 0 Å². The lowest BCUT2D eigenvalue weighted by atomic mass is 10.1. The summed E-state index contributed by atoms with van der Waals surface area (Å²) in [6.07, 6.45) is 3.53. The Bertz CT molecular complexity index is 152. The summed E-state index contributed by atoms with van der Waals surface area (Å²) in [4.78, 5) is 10.2. The summed E-state index contributed by atoms with van der Waals surface area (Å²) in [5, 5.41) is 0.